The first-order valence-corrected chi connectivity index (χ1v) is 14.0. The van der Waals surface area contributed by atoms with E-state index in [1.165, 1.54) is 32.1 Å². The van der Waals surface area contributed by atoms with Crippen molar-refractivity contribution >= 4 is 7.60 Å². The third-order valence-electron chi connectivity index (χ3n) is 6.79. The molecule has 0 amide bonds. The molecular formula is C24H51O3P. The minimum atomic E-state index is -4.16. The Balaban J connectivity index is 5.49. The van der Waals surface area contributed by atoms with Gasteiger partial charge in [0, 0.05) is 0 Å². The molecule has 0 spiro atoms. The van der Waals surface area contributed by atoms with Crippen LogP contribution >= 0.6 is 7.60 Å². The molecule has 0 fully saturated rings. The average Bonchev–Trinajstić information content (AvgIpc) is 2.66. The molecular weight excluding hydrogens is 367 g/mol. The van der Waals surface area contributed by atoms with E-state index in [2.05, 4.69) is 34.6 Å². The fourth-order valence-corrected chi connectivity index (χ4v) is 6.13. The highest BCUT2D eigenvalue weighted by Crippen LogP contribution is 2.60. The molecule has 0 radical (unpaired) electrons. The normalized spacial score (nSPS) is 16.7. The fourth-order valence-electron chi connectivity index (χ4n) is 4.69. The van der Waals surface area contributed by atoms with Crippen LogP contribution in [0.4, 0.5) is 0 Å². The second-order valence-electron chi connectivity index (χ2n) is 9.17. The summed E-state index contributed by atoms with van der Waals surface area (Å²) in [6.45, 7) is 11.0. The lowest BCUT2D eigenvalue weighted by Gasteiger charge is -2.40. The number of unbranched alkanes of at least 4 members (excludes halogenated alkanes) is 6. The summed E-state index contributed by atoms with van der Waals surface area (Å²) in [4.78, 5) is 21.2. The van der Waals surface area contributed by atoms with Gasteiger partial charge in [0.2, 0.25) is 0 Å². The summed E-state index contributed by atoms with van der Waals surface area (Å²) in [5.74, 6) is 0.874. The molecule has 2 unspecified atom stereocenters. The Morgan fingerprint density at radius 2 is 1.11 bits per heavy atom. The molecule has 0 aliphatic heterocycles. The summed E-state index contributed by atoms with van der Waals surface area (Å²) in [5.41, 5.74) is 0. The summed E-state index contributed by atoms with van der Waals surface area (Å²) >= 11 is 0. The molecule has 0 rings (SSSR count). The van der Waals surface area contributed by atoms with E-state index in [4.69, 9.17) is 0 Å². The molecule has 2 N–H and O–H groups in total. The van der Waals surface area contributed by atoms with Crippen molar-refractivity contribution in [3.63, 3.8) is 0 Å². The molecule has 0 aromatic carbocycles. The van der Waals surface area contributed by atoms with Crippen molar-refractivity contribution in [1.29, 1.82) is 0 Å². The van der Waals surface area contributed by atoms with Gasteiger partial charge in [-0.2, -0.15) is 0 Å². The van der Waals surface area contributed by atoms with E-state index in [0.29, 0.717) is 31.1 Å². The van der Waals surface area contributed by atoms with Crippen molar-refractivity contribution in [3.05, 3.63) is 0 Å². The molecule has 0 aliphatic rings. The minimum absolute atomic E-state index is 0.437. The predicted octanol–water partition coefficient (Wildman–Crippen LogP) is 8.48. The van der Waals surface area contributed by atoms with Crippen LogP contribution in [0, 0.1) is 11.8 Å². The lowest BCUT2D eigenvalue weighted by atomic mass is 9.78. The zero-order valence-electron chi connectivity index (χ0n) is 19.7. The fraction of sp³-hybridized carbons (Fsp3) is 1.00. The van der Waals surface area contributed by atoms with E-state index >= 15 is 0 Å². The van der Waals surface area contributed by atoms with E-state index in [1.807, 2.05) is 0 Å². The molecule has 0 saturated heterocycles. The summed E-state index contributed by atoms with van der Waals surface area (Å²) in [5, 5.41) is -0.804. The third-order valence-corrected chi connectivity index (χ3v) is 8.61. The van der Waals surface area contributed by atoms with E-state index in [1.54, 1.807) is 0 Å². The smallest absolute Gasteiger partial charge is 0.324 e. The second-order valence-corrected chi connectivity index (χ2v) is 11.2. The van der Waals surface area contributed by atoms with Gasteiger partial charge in [-0.1, -0.05) is 118 Å². The molecule has 0 saturated carbocycles. The largest absolute Gasteiger partial charge is 0.331 e. The van der Waals surface area contributed by atoms with Crippen molar-refractivity contribution in [3.8, 4) is 0 Å². The molecule has 3 nitrogen and oxygen atoms in total. The molecule has 0 aromatic rings. The van der Waals surface area contributed by atoms with Gasteiger partial charge in [-0.15, -0.1) is 0 Å². The van der Waals surface area contributed by atoms with Crippen molar-refractivity contribution in [2.75, 3.05) is 0 Å². The van der Waals surface area contributed by atoms with Crippen LogP contribution in [0.1, 0.15) is 137 Å². The van der Waals surface area contributed by atoms with Crippen LogP contribution in [0.25, 0.3) is 0 Å². The number of hydrogen-bond donors (Lipinski definition) is 2. The van der Waals surface area contributed by atoms with Gasteiger partial charge in [-0.3, -0.25) is 4.57 Å². The van der Waals surface area contributed by atoms with Gasteiger partial charge in [0.15, 0.2) is 0 Å². The number of hydrogen-bond acceptors (Lipinski definition) is 1. The maximum Gasteiger partial charge on any atom is 0.331 e. The second kappa shape index (κ2) is 15.9. The summed E-state index contributed by atoms with van der Waals surface area (Å²) in [6.07, 6.45) is 16.7. The average molecular weight is 419 g/mol. The Morgan fingerprint density at radius 3 is 1.46 bits per heavy atom. The topological polar surface area (TPSA) is 57.5 Å². The Bertz CT molecular complexity index is 387. The lowest BCUT2D eigenvalue weighted by molar-refractivity contribution is 0.225. The monoisotopic (exact) mass is 418 g/mol. The molecule has 170 valence electrons. The summed E-state index contributed by atoms with van der Waals surface area (Å²) in [7, 11) is -4.16. The third kappa shape index (κ3) is 10.8. The molecule has 28 heavy (non-hydrogen) atoms. The molecule has 0 bridgehead atoms. The van der Waals surface area contributed by atoms with E-state index in [-0.39, 0.29) is 0 Å². The minimum Gasteiger partial charge on any atom is -0.324 e. The highest BCUT2D eigenvalue weighted by molar-refractivity contribution is 7.53. The Hall–Kier alpha value is 0.150. The van der Waals surface area contributed by atoms with Crippen LogP contribution < -0.4 is 0 Å². The molecule has 0 aliphatic carbocycles. The van der Waals surface area contributed by atoms with Crippen molar-refractivity contribution in [2.45, 2.75) is 143 Å². The number of rotatable bonds is 19. The van der Waals surface area contributed by atoms with Crippen LogP contribution in [-0.4, -0.2) is 14.9 Å². The van der Waals surface area contributed by atoms with Crippen LogP contribution in [0.2, 0.25) is 0 Å². The first-order valence-electron chi connectivity index (χ1n) is 12.4. The van der Waals surface area contributed by atoms with Crippen molar-refractivity contribution in [1.82, 2.24) is 0 Å². The Labute approximate surface area is 176 Å². The van der Waals surface area contributed by atoms with Crippen LogP contribution in [0.3, 0.4) is 0 Å². The van der Waals surface area contributed by atoms with Crippen molar-refractivity contribution < 1.29 is 14.4 Å². The molecule has 4 heteroatoms. The van der Waals surface area contributed by atoms with Crippen molar-refractivity contribution in [2.24, 2.45) is 11.8 Å². The molecule has 0 heterocycles. The summed E-state index contributed by atoms with van der Waals surface area (Å²) in [6, 6.07) is 0. The van der Waals surface area contributed by atoms with Gasteiger partial charge in [0.05, 0.1) is 5.16 Å². The van der Waals surface area contributed by atoms with Gasteiger partial charge in [-0.25, -0.2) is 0 Å². The molecule has 2 atom stereocenters. The first-order chi connectivity index (χ1) is 13.3. The zero-order chi connectivity index (χ0) is 21.5. The van der Waals surface area contributed by atoms with Crippen LogP contribution in [-0.2, 0) is 4.57 Å². The quantitative estimate of drug-likeness (QED) is 0.163. The zero-order valence-corrected chi connectivity index (χ0v) is 20.6. The van der Waals surface area contributed by atoms with Gasteiger partial charge in [-0.05, 0) is 31.1 Å². The SMILES string of the molecule is CCCCCCCC(CC(CC)CCCC)(CC(CC)CCCC)P(=O)(O)O. The Kier molecular flexibility index (Phi) is 16.0. The maximum absolute atomic E-state index is 12.9. The standard InChI is InChI=1S/C24H51O3P/c1-6-11-14-15-16-19-24(28(25,26)27,20-22(9-4)17-12-7-2)21-23(10-5)18-13-8-3/h22-23H,6-21H2,1-5H3,(H2,25,26,27). The summed E-state index contributed by atoms with van der Waals surface area (Å²) < 4.78 is 12.9. The molecule has 0 aromatic heterocycles. The van der Waals surface area contributed by atoms with Gasteiger partial charge >= 0.3 is 7.60 Å². The van der Waals surface area contributed by atoms with E-state index < -0.39 is 12.8 Å². The van der Waals surface area contributed by atoms with Crippen LogP contribution in [0.15, 0.2) is 0 Å². The van der Waals surface area contributed by atoms with E-state index in [9.17, 15) is 14.4 Å². The predicted molar refractivity (Wildman–Crippen MR) is 124 cm³/mol. The van der Waals surface area contributed by atoms with Gasteiger partial charge in [0.1, 0.15) is 0 Å². The van der Waals surface area contributed by atoms with Crippen LogP contribution in [0.5, 0.6) is 0 Å². The Morgan fingerprint density at radius 1 is 0.679 bits per heavy atom. The highest BCUT2D eigenvalue weighted by Gasteiger charge is 2.47. The lowest BCUT2D eigenvalue weighted by Crippen LogP contribution is -2.34. The van der Waals surface area contributed by atoms with Gasteiger partial charge < -0.3 is 9.79 Å². The van der Waals surface area contributed by atoms with E-state index in [0.717, 1.165) is 51.4 Å². The van der Waals surface area contributed by atoms with Gasteiger partial charge in [0.25, 0.3) is 0 Å². The maximum atomic E-state index is 12.9. The first kappa shape index (κ1) is 28.1. The highest BCUT2D eigenvalue weighted by atomic mass is 31.2.